The minimum absolute atomic E-state index is 0.236. The molecule has 0 fully saturated rings. The van der Waals surface area contributed by atoms with Gasteiger partial charge in [0.25, 0.3) is 5.91 Å². The maximum absolute atomic E-state index is 12.4. The molecule has 1 heterocycles. The van der Waals surface area contributed by atoms with Crippen LogP contribution in [0, 0.1) is 11.3 Å². The molecule has 0 unspecified atom stereocenters. The molecule has 0 bridgehead atoms. The predicted octanol–water partition coefficient (Wildman–Crippen LogP) is 3.97. The lowest BCUT2D eigenvalue weighted by Crippen LogP contribution is -2.14. The van der Waals surface area contributed by atoms with Gasteiger partial charge in [-0.3, -0.25) is 4.79 Å². The Bertz CT molecular complexity index is 1030. The van der Waals surface area contributed by atoms with Gasteiger partial charge in [0.05, 0.1) is 43.0 Å². The van der Waals surface area contributed by atoms with Crippen LogP contribution in [0.1, 0.15) is 16.1 Å². The topological polar surface area (TPSA) is 96.3 Å². The summed E-state index contributed by atoms with van der Waals surface area (Å²) >= 11 is 0. The van der Waals surface area contributed by atoms with Gasteiger partial charge in [0, 0.05) is 6.07 Å². The van der Waals surface area contributed by atoms with E-state index in [0.717, 1.165) is 5.69 Å². The monoisotopic (exact) mass is 374 g/mol. The van der Waals surface area contributed by atoms with Gasteiger partial charge < -0.3 is 20.1 Å². The zero-order valence-electron chi connectivity index (χ0n) is 15.4. The van der Waals surface area contributed by atoms with Crippen LogP contribution in [0.3, 0.4) is 0 Å². The molecule has 0 aliphatic heterocycles. The molecule has 0 spiro atoms. The molecule has 0 aliphatic carbocycles. The second-order valence-electron chi connectivity index (χ2n) is 5.73. The van der Waals surface area contributed by atoms with Crippen molar-refractivity contribution in [3.63, 3.8) is 0 Å². The summed E-state index contributed by atoms with van der Waals surface area (Å²) in [5, 5.41) is 15.0. The number of nitrogens with one attached hydrogen (secondary N) is 2. The second-order valence-corrected chi connectivity index (χ2v) is 5.73. The molecule has 1 aromatic heterocycles. The highest BCUT2D eigenvalue weighted by Crippen LogP contribution is 2.31. The van der Waals surface area contributed by atoms with Crippen LogP contribution >= 0.6 is 0 Å². The molecule has 0 atom stereocenters. The third-order valence-corrected chi connectivity index (χ3v) is 3.98. The van der Waals surface area contributed by atoms with E-state index >= 15 is 0 Å². The maximum Gasteiger partial charge on any atom is 0.274 e. The number of carbonyl (C=O) groups is 1. The standard InChI is InChI=1S/C21H18N4O3/c1-27-16-8-10-18(20(11-16)28-2)24-15-7-9-19(23-13-15)21(26)25-17-6-4-3-5-14(17)12-22/h3-11,13,24H,1-2H3,(H,25,26). The largest absolute Gasteiger partial charge is 0.497 e. The normalized spacial score (nSPS) is 9.89. The molecule has 7 heteroatoms. The van der Waals surface area contributed by atoms with Crippen molar-refractivity contribution in [1.29, 1.82) is 5.26 Å². The van der Waals surface area contributed by atoms with Gasteiger partial charge in [-0.2, -0.15) is 5.26 Å². The molecule has 0 aliphatic rings. The Morgan fingerprint density at radius 2 is 1.86 bits per heavy atom. The lowest BCUT2D eigenvalue weighted by atomic mass is 10.2. The summed E-state index contributed by atoms with van der Waals surface area (Å²) in [6.07, 6.45) is 1.55. The smallest absolute Gasteiger partial charge is 0.274 e. The van der Waals surface area contributed by atoms with Crippen molar-refractivity contribution in [3.05, 3.63) is 72.1 Å². The summed E-state index contributed by atoms with van der Waals surface area (Å²) < 4.78 is 10.5. The molecule has 28 heavy (non-hydrogen) atoms. The van der Waals surface area contributed by atoms with Crippen LogP contribution in [0.15, 0.2) is 60.8 Å². The van der Waals surface area contributed by atoms with Crippen molar-refractivity contribution < 1.29 is 14.3 Å². The number of nitriles is 1. The van der Waals surface area contributed by atoms with Gasteiger partial charge in [-0.1, -0.05) is 12.1 Å². The lowest BCUT2D eigenvalue weighted by Gasteiger charge is -2.12. The Morgan fingerprint density at radius 1 is 1.04 bits per heavy atom. The third-order valence-electron chi connectivity index (χ3n) is 3.98. The molecule has 3 rings (SSSR count). The van der Waals surface area contributed by atoms with Gasteiger partial charge >= 0.3 is 0 Å². The first-order valence-electron chi connectivity index (χ1n) is 8.40. The number of pyridine rings is 1. The molecule has 2 aromatic carbocycles. The quantitative estimate of drug-likeness (QED) is 0.678. The zero-order chi connectivity index (χ0) is 19.9. The van der Waals surface area contributed by atoms with E-state index in [2.05, 4.69) is 15.6 Å². The van der Waals surface area contributed by atoms with Crippen molar-refractivity contribution in [2.45, 2.75) is 0 Å². The average Bonchev–Trinajstić information content (AvgIpc) is 2.74. The minimum atomic E-state index is -0.392. The number of hydrogen-bond acceptors (Lipinski definition) is 6. The van der Waals surface area contributed by atoms with Crippen molar-refractivity contribution in [2.24, 2.45) is 0 Å². The first-order valence-corrected chi connectivity index (χ1v) is 8.40. The number of benzene rings is 2. The molecule has 0 radical (unpaired) electrons. The highest BCUT2D eigenvalue weighted by molar-refractivity contribution is 6.03. The van der Waals surface area contributed by atoms with Crippen LogP contribution in [0.2, 0.25) is 0 Å². The van der Waals surface area contributed by atoms with E-state index in [-0.39, 0.29) is 5.69 Å². The van der Waals surface area contributed by atoms with Gasteiger partial charge in [0.2, 0.25) is 0 Å². The van der Waals surface area contributed by atoms with Gasteiger partial charge in [-0.25, -0.2) is 4.98 Å². The van der Waals surface area contributed by atoms with Crippen LogP contribution in [0.25, 0.3) is 0 Å². The van der Waals surface area contributed by atoms with E-state index in [1.165, 1.54) is 0 Å². The SMILES string of the molecule is COc1ccc(Nc2ccc(C(=O)Nc3ccccc3C#N)nc2)c(OC)c1. The molecular weight excluding hydrogens is 356 g/mol. The summed E-state index contributed by atoms with van der Waals surface area (Å²) in [6.45, 7) is 0. The average molecular weight is 374 g/mol. The molecule has 1 amide bonds. The number of nitrogens with zero attached hydrogens (tertiary/aromatic N) is 2. The fourth-order valence-electron chi connectivity index (χ4n) is 2.54. The number of aromatic nitrogens is 1. The summed E-state index contributed by atoms with van der Waals surface area (Å²) in [4.78, 5) is 16.6. The van der Waals surface area contributed by atoms with E-state index in [9.17, 15) is 4.79 Å². The van der Waals surface area contributed by atoms with Crippen LogP contribution in [-0.4, -0.2) is 25.1 Å². The number of hydrogen-bond donors (Lipinski definition) is 2. The molecule has 2 N–H and O–H groups in total. The molecule has 3 aromatic rings. The highest BCUT2D eigenvalue weighted by atomic mass is 16.5. The van der Waals surface area contributed by atoms with E-state index in [0.29, 0.717) is 28.4 Å². The molecule has 7 nitrogen and oxygen atoms in total. The van der Waals surface area contributed by atoms with E-state index in [1.807, 2.05) is 18.2 Å². The van der Waals surface area contributed by atoms with Gasteiger partial charge in [0.1, 0.15) is 23.3 Å². The first-order chi connectivity index (χ1) is 13.6. The Kier molecular flexibility index (Phi) is 5.72. The van der Waals surface area contributed by atoms with Crippen LogP contribution in [0.4, 0.5) is 17.1 Å². The third kappa shape index (κ3) is 4.19. The van der Waals surface area contributed by atoms with Gasteiger partial charge in [-0.15, -0.1) is 0 Å². The van der Waals surface area contributed by atoms with Crippen molar-refractivity contribution in [1.82, 2.24) is 4.98 Å². The summed E-state index contributed by atoms with van der Waals surface area (Å²) in [5.74, 6) is 0.913. The van der Waals surface area contributed by atoms with Crippen molar-refractivity contribution in [3.8, 4) is 17.6 Å². The number of methoxy groups -OCH3 is 2. The van der Waals surface area contributed by atoms with E-state index < -0.39 is 5.91 Å². The summed E-state index contributed by atoms with van der Waals surface area (Å²) in [7, 11) is 3.16. The Labute approximate surface area is 162 Å². The second kappa shape index (κ2) is 8.56. The molecule has 140 valence electrons. The number of para-hydroxylation sites is 1. The van der Waals surface area contributed by atoms with Crippen molar-refractivity contribution >= 4 is 23.0 Å². The van der Waals surface area contributed by atoms with Gasteiger partial charge in [0.15, 0.2) is 0 Å². The van der Waals surface area contributed by atoms with Crippen LogP contribution in [-0.2, 0) is 0 Å². The van der Waals surface area contributed by atoms with E-state index in [1.54, 1.807) is 62.9 Å². The number of anilines is 3. The fraction of sp³-hybridized carbons (Fsp3) is 0.0952. The molecular formula is C21H18N4O3. The highest BCUT2D eigenvalue weighted by Gasteiger charge is 2.11. The van der Waals surface area contributed by atoms with Crippen LogP contribution < -0.4 is 20.1 Å². The zero-order valence-corrected chi connectivity index (χ0v) is 15.4. The fourth-order valence-corrected chi connectivity index (χ4v) is 2.54. The Balaban J connectivity index is 1.73. The minimum Gasteiger partial charge on any atom is -0.497 e. The lowest BCUT2D eigenvalue weighted by molar-refractivity contribution is 0.102. The Hall–Kier alpha value is -4.05. The van der Waals surface area contributed by atoms with E-state index in [4.69, 9.17) is 14.7 Å². The molecule has 0 saturated heterocycles. The number of amides is 1. The maximum atomic E-state index is 12.4. The number of ether oxygens (including phenoxy) is 2. The first kappa shape index (κ1) is 18.7. The molecule has 0 saturated carbocycles. The summed E-state index contributed by atoms with van der Waals surface area (Å²) in [5.41, 5.74) is 2.50. The predicted molar refractivity (Wildman–Crippen MR) is 106 cm³/mol. The van der Waals surface area contributed by atoms with Crippen LogP contribution in [0.5, 0.6) is 11.5 Å². The number of carbonyl (C=O) groups excluding carboxylic acids is 1. The van der Waals surface area contributed by atoms with Crippen molar-refractivity contribution in [2.75, 3.05) is 24.9 Å². The summed E-state index contributed by atoms with van der Waals surface area (Å²) in [6, 6.07) is 17.6. The van der Waals surface area contributed by atoms with Gasteiger partial charge in [-0.05, 0) is 36.4 Å². The Morgan fingerprint density at radius 3 is 2.54 bits per heavy atom. The number of rotatable bonds is 6.